The van der Waals surface area contributed by atoms with Gasteiger partial charge in [0.15, 0.2) is 0 Å². The summed E-state index contributed by atoms with van der Waals surface area (Å²) in [4.78, 5) is 0. The fourth-order valence-corrected chi connectivity index (χ4v) is 10.0. The van der Waals surface area contributed by atoms with Crippen molar-refractivity contribution in [3.05, 3.63) is 251 Å². The molecular formula is C62H54. The summed E-state index contributed by atoms with van der Waals surface area (Å²) in [6.45, 7) is 12.7. The third-order valence-corrected chi connectivity index (χ3v) is 12.8. The van der Waals surface area contributed by atoms with Crippen molar-refractivity contribution >= 4 is 21.5 Å². The summed E-state index contributed by atoms with van der Waals surface area (Å²) in [5.74, 6) is 0. The average Bonchev–Trinajstić information content (AvgIpc) is 4.01. The molecule has 0 amide bonds. The van der Waals surface area contributed by atoms with Crippen LogP contribution in [0.15, 0.2) is 212 Å². The highest BCUT2D eigenvalue weighted by Crippen LogP contribution is 2.62. The van der Waals surface area contributed by atoms with Crippen LogP contribution in [0.4, 0.5) is 0 Å². The Kier molecular flexibility index (Phi) is 11.2. The second-order valence-electron chi connectivity index (χ2n) is 16.6. The summed E-state index contributed by atoms with van der Waals surface area (Å²) >= 11 is 0. The van der Waals surface area contributed by atoms with E-state index in [1.807, 2.05) is 13.8 Å². The van der Waals surface area contributed by atoms with Crippen LogP contribution in [0.3, 0.4) is 0 Å². The van der Waals surface area contributed by atoms with Gasteiger partial charge in [-0.2, -0.15) is 0 Å². The van der Waals surface area contributed by atoms with Gasteiger partial charge in [0, 0.05) is 0 Å². The average molecular weight is 799 g/mol. The molecule has 0 unspecified atom stereocenters. The fraction of sp³-hybridized carbons (Fsp3) is 0.129. The Hall–Kier alpha value is -7.02. The molecule has 0 radical (unpaired) electrons. The van der Waals surface area contributed by atoms with E-state index in [9.17, 15) is 0 Å². The zero-order valence-electron chi connectivity index (χ0n) is 36.8. The monoisotopic (exact) mass is 798 g/mol. The van der Waals surface area contributed by atoms with Gasteiger partial charge >= 0.3 is 0 Å². The highest BCUT2D eigenvalue weighted by Gasteiger charge is 2.51. The lowest BCUT2D eigenvalue weighted by molar-refractivity contribution is 0.792. The number of fused-ring (bicyclic) bond motifs is 12. The summed E-state index contributed by atoms with van der Waals surface area (Å²) in [5, 5.41) is 5.24. The van der Waals surface area contributed by atoms with Crippen molar-refractivity contribution in [3.8, 4) is 44.5 Å². The number of hydrogen-bond donors (Lipinski definition) is 0. The third kappa shape index (κ3) is 6.91. The molecule has 0 heteroatoms. The van der Waals surface area contributed by atoms with Gasteiger partial charge in [0.2, 0.25) is 0 Å². The molecule has 0 aliphatic heterocycles. The Morgan fingerprint density at radius 2 is 0.887 bits per heavy atom. The zero-order chi connectivity index (χ0) is 42.8. The first-order valence-electron chi connectivity index (χ1n) is 22.2. The van der Waals surface area contributed by atoms with Gasteiger partial charge in [-0.3, -0.25) is 0 Å². The molecule has 3 aliphatic carbocycles. The maximum Gasteiger partial charge on any atom is 0.0725 e. The van der Waals surface area contributed by atoms with E-state index in [0.717, 1.165) is 0 Å². The van der Waals surface area contributed by atoms with Crippen LogP contribution in [0.5, 0.6) is 0 Å². The third-order valence-electron chi connectivity index (χ3n) is 12.8. The topological polar surface area (TPSA) is 0 Å². The molecule has 0 atom stereocenters. The van der Waals surface area contributed by atoms with E-state index in [1.54, 1.807) is 0 Å². The maximum atomic E-state index is 2.40. The van der Waals surface area contributed by atoms with Crippen molar-refractivity contribution < 1.29 is 0 Å². The number of aryl methyl sites for hydroxylation is 3. The van der Waals surface area contributed by atoms with Crippen LogP contribution in [-0.4, -0.2) is 0 Å². The van der Waals surface area contributed by atoms with Crippen molar-refractivity contribution in [2.75, 3.05) is 0 Å². The van der Waals surface area contributed by atoms with Crippen LogP contribution in [0, 0.1) is 20.8 Å². The molecule has 0 heterocycles. The van der Waals surface area contributed by atoms with Crippen molar-refractivity contribution in [2.45, 2.75) is 53.4 Å². The smallest absolute Gasteiger partial charge is 0.0725 e. The first kappa shape index (κ1) is 40.4. The van der Waals surface area contributed by atoms with Crippen LogP contribution >= 0.6 is 0 Å². The minimum absolute atomic E-state index is 0.189. The lowest BCUT2D eigenvalue weighted by Gasteiger charge is -2.30. The second kappa shape index (κ2) is 17.2. The summed E-state index contributed by atoms with van der Waals surface area (Å²) in [5.41, 5.74) is 21.5. The molecule has 0 aromatic heterocycles. The van der Waals surface area contributed by atoms with Crippen molar-refractivity contribution in [1.82, 2.24) is 0 Å². The normalized spacial score (nSPS) is 13.1. The minimum Gasteiger partial charge on any atom is -0.0805 e. The molecule has 9 aromatic carbocycles. The number of allylic oxidation sites excluding steroid dienone is 4. The van der Waals surface area contributed by atoms with E-state index < -0.39 is 0 Å². The van der Waals surface area contributed by atoms with E-state index in [2.05, 4.69) is 234 Å². The van der Waals surface area contributed by atoms with E-state index in [-0.39, 0.29) is 5.41 Å². The van der Waals surface area contributed by atoms with Crippen molar-refractivity contribution in [1.29, 1.82) is 0 Å². The Morgan fingerprint density at radius 1 is 0.387 bits per heavy atom. The maximum absolute atomic E-state index is 2.40. The van der Waals surface area contributed by atoms with Crippen LogP contribution in [0.1, 0.15) is 66.1 Å². The summed E-state index contributed by atoms with van der Waals surface area (Å²) in [6, 6.07) is 69.1. The van der Waals surface area contributed by atoms with Gasteiger partial charge in [-0.15, -0.1) is 0 Å². The number of hydrogen-bond acceptors (Lipinski definition) is 0. The van der Waals surface area contributed by atoms with Gasteiger partial charge in [0.25, 0.3) is 0 Å². The summed E-state index contributed by atoms with van der Waals surface area (Å²) in [6.07, 6.45) is 7.56. The Balaban J connectivity index is 0.000000135. The molecule has 0 bridgehead atoms. The zero-order valence-corrected chi connectivity index (χ0v) is 36.8. The lowest BCUT2D eigenvalue weighted by atomic mass is 9.70. The molecule has 0 nitrogen and oxygen atoms in total. The second-order valence-corrected chi connectivity index (χ2v) is 16.6. The largest absolute Gasteiger partial charge is 0.0805 e. The van der Waals surface area contributed by atoms with Gasteiger partial charge in [-0.25, -0.2) is 0 Å². The lowest BCUT2D eigenvalue weighted by Crippen LogP contribution is -2.25. The summed E-state index contributed by atoms with van der Waals surface area (Å²) < 4.78 is 0. The van der Waals surface area contributed by atoms with Gasteiger partial charge in [0.1, 0.15) is 0 Å². The molecule has 3 aliphatic rings. The molecular weight excluding hydrogens is 745 g/mol. The van der Waals surface area contributed by atoms with Crippen LogP contribution in [0.25, 0.3) is 66.1 Å². The van der Waals surface area contributed by atoms with Gasteiger partial charge < -0.3 is 0 Å². The van der Waals surface area contributed by atoms with Crippen LogP contribution < -0.4 is 0 Å². The Morgan fingerprint density at radius 3 is 1.50 bits per heavy atom. The molecule has 9 aromatic rings. The summed E-state index contributed by atoms with van der Waals surface area (Å²) in [7, 11) is 0. The first-order chi connectivity index (χ1) is 30.4. The molecule has 0 N–H and O–H groups in total. The van der Waals surface area contributed by atoms with Crippen LogP contribution in [0.2, 0.25) is 0 Å². The highest BCUT2D eigenvalue weighted by molar-refractivity contribution is 6.10. The molecule has 12 rings (SSSR count). The van der Waals surface area contributed by atoms with E-state index in [4.69, 9.17) is 0 Å². The molecule has 302 valence electrons. The molecule has 1 spiro atoms. The fourth-order valence-electron chi connectivity index (χ4n) is 10.0. The van der Waals surface area contributed by atoms with Gasteiger partial charge in [-0.05, 0) is 128 Å². The predicted octanol–water partition coefficient (Wildman–Crippen LogP) is 17.2. The van der Waals surface area contributed by atoms with E-state index in [1.165, 1.54) is 117 Å². The predicted molar refractivity (Wildman–Crippen MR) is 268 cm³/mol. The van der Waals surface area contributed by atoms with Crippen LogP contribution in [-0.2, 0) is 5.41 Å². The molecule has 0 saturated carbocycles. The van der Waals surface area contributed by atoms with Gasteiger partial charge in [-0.1, -0.05) is 237 Å². The first-order valence-corrected chi connectivity index (χ1v) is 22.2. The number of benzene rings is 9. The Labute approximate surface area is 368 Å². The van der Waals surface area contributed by atoms with Gasteiger partial charge in [0.05, 0.1) is 5.41 Å². The molecule has 0 saturated heterocycles. The minimum atomic E-state index is -0.189. The van der Waals surface area contributed by atoms with Crippen molar-refractivity contribution in [2.24, 2.45) is 0 Å². The van der Waals surface area contributed by atoms with E-state index >= 15 is 0 Å². The molecule has 0 fully saturated rings. The highest BCUT2D eigenvalue weighted by atomic mass is 14.5. The SMILES string of the molecule is CC.CC1=CC=CC1.Cc1ccc(-c2ccc(-c3cccc4ccccc34)c3c(C)cccc23)cc1.Cc1ccc2c(c1)C1(c3ccccc3-c3ccccc31)c1ccccc1-2. The Bertz CT molecular complexity index is 3080. The van der Waals surface area contributed by atoms with E-state index in [0.29, 0.717) is 0 Å². The standard InChI is InChI=1S/C28H22.C26H18.C6H8.C2H6/c1-19-13-15-22(16-14-19)24-17-18-27(28-20(2)7-5-12-26(24)28)25-11-6-9-21-8-3-4-10-23(21)25;1-17-14-15-21-20-10-4-7-13-24(20)26(25(21)16-17)22-11-5-2-8-18(22)19-9-3-6-12-23(19)26;1-6-4-2-3-5-6;1-2/h3-18H,1-2H3;2-16H,1H3;2-4H,5H2,1H3;1-2H3. The van der Waals surface area contributed by atoms with Crippen molar-refractivity contribution in [3.63, 3.8) is 0 Å². The quantitative estimate of drug-likeness (QED) is 0.163. The molecule has 62 heavy (non-hydrogen) atoms. The number of rotatable bonds is 2.